The molecule has 1 aromatic carbocycles. The highest BCUT2D eigenvalue weighted by atomic mass is 32.2. The summed E-state index contributed by atoms with van der Waals surface area (Å²) in [6, 6.07) is 5.19. The average Bonchev–Trinajstić information content (AvgIpc) is 3.05. The monoisotopic (exact) mass is 384 g/mol. The molecule has 1 aromatic heterocycles. The van der Waals surface area contributed by atoms with Gasteiger partial charge in [0.25, 0.3) is 0 Å². The van der Waals surface area contributed by atoms with Crippen molar-refractivity contribution in [2.75, 3.05) is 25.7 Å². The summed E-state index contributed by atoms with van der Waals surface area (Å²) >= 11 is 4.63. The lowest BCUT2D eigenvalue weighted by Crippen LogP contribution is -2.05. The Bertz CT molecular complexity index is 689. The summed E-state index contributed by atoms with van der Waals surface area (Å²) in [5, 5.41) is 8.29. The van der Waals surface area contributed by atoms with Crippen molar-refractivity contribution in [3.63, 3.8) is 0 Å². The molecule has 0 saturated carbocycles. The number of nitrogens with zero attached hydrogens (tertiary/aromatic N) is 2. The summed E-state index contributed by atoms with van der Waals surface area (Å²) in [5.74, 6) is 3.09. The number of ether oxygens (including phenoxy) is 2. The van der Waals surface area contributed by atoms with Crippen LogP contribution in [0.4, 0.5) is 0 Å². The number of methoxy groups -OCH3 is 2. The lowest BCUT2D eigenvalue weighted by Gasteiger charge is -2.09. The zero-order valence-corrected chi connectivity index (χ0v) is 16.5. The Balaban J connectivity index is 1.96. The van der Waals surface area contributed by atoms with E-state index < -0.39 is 0 Å². The molecule has 0 aliphatic heterocycles. The highest BCUT2D eigenvalue weighted by molar-refractivity contribution is 8.03. The average molecular weight is 385 g/mol. The van der Waals surface area contributed by atoms with Gasteiger partial charge in [-0.15, -0.1) is 10.2 Å². The molecule has 0 unspecified atom stereocenters. The van der Waals surface area contributed by atoms with Gasteiger partial charge in [-0.2, -0.15) is 0 Å². The summed E-state index contributed by atoms with van der Waals surface area (Å²) < 4.78 is 12.2. The predicted octanol–water partition coefficient (Wildman–Crippen LogP) is 4.28. The van der Waals surface area contributed by atoms with E-state index in [1.165, 1.54) is 23.1 Å². The molecule has 2 rings (SSSR count). The molecule has 0 radical (unpaired) electrons. The predicted molar refractivity (Wildman–Crippen MR) is 100 cm³/mol. The number of rotatable bonds is 9. The summed E-state index contributed by atoms with van der Waals surface area (Å²) in [6.45, 7) is 4.34. The van der Waals surface area contributed by atoms with E-state index in [4.69, 9.17) is 9.47 Å². The van der Waals surface area contributed by atoms with Crippen LogP contribution in [0.2, 0.25) is 0 Å². The van der Waals surface area contributed by atoms with Gasteiger partial charge in [-0.25, -0.2) is 0 Å². The number of benzene rings is 1. The third kappa shape index (κ3) is 5.39. The van der Waals surface area contributed by atoms with Crippen molar-refractivity contribution in [3.8, 4) is 11.5 Å². The summed E-state index contributed by atoms with van der Waals surface area (Å²) in [4.78, 5) is 12.4. The third-order valence-electron chi connectivity index (χ3n) is 2.96. The van der Waals surface area contributed by atoms with Crippen molar-refractivity contribution in [1.29, 1.82) is 0 Å². The van der Waals surface area contributed by atoms with Gasteiger partial charge in [0.2, 0.25) is 0 Å². The molecule has 0 fully saturated rings. The lowest BCUT2D eigenvalue weighted by atomic mass is 10.1. The van der Waals surface area contributed by atoms with Crippen molar-refractivity contribution < 1.29 is 14.3 Å². The summed E-state index contributed by atoms with van der Waals surface area (Å²) in [7, 11) is 3.12. The van der Waals surface area contributed by atoms with Crippen LogP contribution >= 0.6 is 34.9 Å². The van der Waals surface area contributed by atoms with Gasteiger partial charge in [0.15, 0.2) is 14.5 Å². The van der Waals surface area contributed by atoms with Crippen LogP contribution in [0.3, 0.4) is 0 Å². The van der Waals surface area contributed by atoms with Gasteiger partial charge in [-0.3, -0.25) is 4.79 Å². The van der Waals surface area contributed by atoms with Crippen LogP contribution in [0.15, 0.2) is 26.9 Å². The number of hydrogen-bond donors (Lipinski definition) is 0. The zero-order valence-electron chi connectivity index (χ0n) is 14.1. The van der Waals surface area contributed by atoms with Crippen LogP contribution in [0, 0.1) is 5.92 Å². The highest BCUT2D eigenvalue weighted by Gasteiger charge is 2.15. The molecule has 0 N–H and O–H groups in total. The van der Waals surface area contributed by atoms with Crippen molar-refractivity contribution in [1.82, 2.24) is 10.2 Å². The third-order valence-corrected chi connectivity index (χ3v) is 6.58. The largest absolute Gasteiger partial charge is 0.497 e. The molecule has 0 saturated heterocycles. The molecule has 0 amide bonds. The molecule has 0 aliphatic carbocycles. The van der Waals surface area contributed by atoms with Crippen molar-refractivity contribution in [2.24, 2.45) is 5.92 Å². The first-order valence-electron chi connectivity index (χ1n) is 7.37. The Morgan fingerprint density at radius 1 is 1.17 bits per heavy atom. The number of carbonyl (C=O) groups is 1. The van der Waals surface area contributed by atoms with Crippen LogP contribution in [0.5, 0.6) is 11.5 Å². The molecular formula is C16H20N2O3S3. The molecule has 24 heavy (non-hydrogen) atoms. The van der Waals surface area contributed by atoms with E-state index in [0.29, 0.717) is 28.7 Å². The first-order valence-corrected chi connectivity index (χ1v) is 10.2. The van der Waals surface area contributed by atoms with Crippen LogP contribution in [0.25, 0.3) is 0 Å². The van der Waals surface area contributed by atoms with E-state index in [1.54, 1.807) is 44.2 Å². The minimum atomic E-state index is -0.00825. The van der Waals surface area contributed by atoms with Crippen molar-refractivity contribution in [3.05, 3.63) is 23.8 Å². The van der Waals surface area contributed by atoms with Gasteiger partial charge in [0, 0.05) is 11.8 Å². The van der Waals surface area contributed by atoms with Crippen LogP contribution in [-0.4, -0.2) is 41.7 Å². The molecule has 130 valence electrons. The highest BCUT2D eigenvalue weighted by Crippen LogP contribution is 2.31. The second-order valence-electron chi connectivity index (χ2n) is 5.32. The molecular weight excluding hydrogens is 364 g/mol. The molecule has 0 spiro atoms. The van der Waals surface area contributed by atoms with E-state index in [2.05, 4.69) is 24.0 Å². The number of carbonyl (C=O) groups excluding carboxylic acids is 1. The molecule has 1 heterocycles. The van der Waals surface area contributed by atoms with E-state index in [9.17, 15) is 4.79 Å². The molecule has 5 nitrogen and oxygen atoms in total. The minimum Gasteiger partial charge on any atom is -0.497 e. The SMILES string of the molecule is COc1ccc(C(=O)CSc2nnc(SCC(C)C)s2)c(OC)c1. The maximum absolute atomic E-state index is 12.4. The Hall–Kier alpha value is -1.25. The first-order chi connectivity index (χ1) is 11.5. The lowest BCUT2D eigenvalue weighted by molar-refractivity contribution is 0.101. The smallest absolute Gasteiger partial charge is 0.176 e. The fourth-order valence-corrected chi connectivity index (χ4v) is 4.67. The van der Waals surface area contributed by atoms with Crippen molar-refractivity contribution in [2.45, 2.75) is 22.5 Å². The Morgan fingerprint density at radius 2 is 1.88 bits per heavy atom. The molecule has 0 bridgehead atoms. The molecule has 8 heteroatoms. The second-order valence-corrected chi connectivity index (χ2v) is 8.78. The van der Waals surface area contributed by atoms with E-state index in [-0.39, 0.29) is 5.78 Å². The number of Topliss-reactive ketones (excluding diaryl/α,β-unsaturated/α-hetero) is 1. The van der Waals surface area contributed by atoms with Gasteiger partial charge in [0.05, 0.1) is 25.5 Å². The van der Waals surface area contributed by atoms with Crippen LogP contribution < -0.4 is 9.47 Å². The Kier molecular flexibility index (Phi) is 7.39. The molecule has 0 aliphatic rings. The minimum absolute atomic E-state index is 0.00825. The number of hydrogen-bond acceptors (Lipinski definition) is 8. The van der Waals surface area contributed by atoms with Crippen LogP contribution in [0.1, 0.15) is 24.2 Å². The van der Waals surface area contributed by atoms with Crippen LogP contribution in [-0.2, 0) is 0 Å². The normalized spacial score (nSPS) is 10.9. The van der Waals surface area contributed by atoms with E-state index >= 15 is 0 Å². The zero-order chi connectivity index (χ0) is 17.5. The van der Waals surface area contributed by atoms with Gasteiger partial charge < -0.3 is 9.47 Å². The first kappa shape index (κ1) is 19.1. The number of ketones is 1. The Morgan fingerprint density at radius 3 is 2.50 bits per heavy atom. The molecule has 2 aromatic rings. The van der Waals surface area contributed by atoms with Crippen molar-refractivity contribution >= 4 is 40.6 Å². The van der Waals surface area contributed by atoms with Gasteiger partial charge in [0.1, 0.15) is 11.5 Å². The quantitative estimate of drug-likeness (QED) is 0.472. The van der Waals surface area contributed by atoms with E-state index in [1.807, 2.05) is 0 Å². The second kappa shape index (κ2) is 9.29. The van der Waals surface area contributed by atoms with Gasteiger partial charge in [-0.05, 0) is 18.1 Å². The van der Waals surface area contributed by atoms with Gasteiger partial charge in [-0.1, -0.05) is 48.7 Å². The number of thioether (sulfide) groups is 2. The topological polar surface area (TPSA) is 61.3 Å². The Labute approximate surface area is 154 Å². The molecule has 0 atom stereocenters. The standard InChI is InChI=1S/C16H20N2O3S3/c1-10(2)8-22-15-17-18-16(24-15)23-9-13(19)12-6-5-11(20-3)7-14(12)21-4/h5-7,10H,8-9H2,1-4H3. The summed E-state index contributed by atoms with van der Waals surface area (Å²) in [5.41, 5.74) is 0.546. The fraction of sp³-hybridized carbons (Fsp3) is 0.438. The number of aromatic nitrogens is 2. The van der Waals surface area contributed by atoms with E-state index in [0.717, 1.165) is 14.4 Å². The maximum atomic E-state index is 12.4. The maximum Gasteiger partial charge on any atom is 0.176 e. The van der Waals surface area contributed by atoms with Gasteiger partial charge >= 0.3 is 0 Å². The fourth-order valence-electron chi connectivity index (χ4n) is 1.79. The summed E-state index contributed by atoms with van der Waals surface area (Å²) in [6.07, 6.45) is 0.